The average molecular weight is 588 g/mol. The lowest BCUT2D eigenvalue weighted by molar-refractivity contribution is -0.139. The van der Waals surface area contributed by atoms with Gasteiger partial charge < -0.3 is 10.2 Å². The number of nitrogens with one attached hydrogen (secondary N) is 1. The van der Waals surface area contributed by atoms with E-state index in [0.29, 0.717) is 16.8 Å². The zero-order chi connectivity index (χ0) is 28.8. The van der Waals surface area contributed by atoms with Crippen molar-refractivity contribution in [1.29, 1.82) is 0 Å². The average Bonchev–Trinajstić information content (AvgIpc) is 3.37. The minimum absolute atomic E-state index is 0.00839. The molecule has 0 heterocycles. The lowest BCUT2D eigenvalue weighted by atomic mass is 10.1. The quantitative estimate of drug-likeness (QED) is 0.399. The first-order chi connectivity index (χ1) is 18.3. The van der Waals surface area contributed by atoms with Gasteiger partial charge in [0.1, 0.15) is 12.6 Å². The highest BCUT2D eigenvalue weighted by molar-refractivity contribution is 7.92. The van der Waals surface area contributed by atoms with Gasteiger partial charge >= 0.3 is 6.18 Å². The van der Waals surface area contributed by atoms with Gasteiger partial charge in [0.05, 0.1) is 22.5 Å². The number of benzene rings is 2. The fraction of sp³-hybridized carbons (Fsp3) is 0.481. The summed E-state index contributed by atoms with van der Waals surface area (Å²) in [4.78, 5) is 28.3. The molecule has 0 spiro atoms. The maximum absolute atomic E-state index is 13.7. The zero-order valence-electron chi connectivity index (χ0n) is 21.9. The molecule has 0 aliphatic heterocycles. The first-order valence-corrected chi connectivity index (χ1v) is 15.0. The number of hydrogen-bond acceptors (Lipinski definition) is 4. The molecule has 1 aliphatic carbocycles. The molecule has 0 bridgehead atoms. The van der Waals surface area contributed by atoms with Gasteiger partial charge in [0.15, 0.2) is 0 Å². The van der Waals surface area contributed by atoms with Crippen LogP contribution in [-0.4, -0.2) is 56.6 Å². The van der Waals surface area contributed by atoms with Gasteiger partial charge in [-0.15, -0.1) is 0 Å². The van der Waals surface area contributed by atoms with Crippen LogP contribution in [0.3, 0.4) is 0 Å². The van der Waals surface area contributed by atoms with Crippen LogP contribution in [0.2, 0.25) is 5.02 Å². The van der Waals surface area contributed by atoms with E-state index in [2.05, 4.69) is 5.32 Å². The standard InChI is InChI=1S/C27H33ClF3N3O4S/c1-3-23(26(36)32-21-11-7-8-12-21)33(16-15-19-9-5-4-6-10-19)25(35)18-34(39(2,37)38)24-17-20(27(29,30)31)13-14-22(24)28/h4-6,9-10,13-14,17,21,23H,3,7-8,11-12,15-16,18H2,1-2H3,(H,32,36)/t23-/m1/s1. The number of carbonyl (C=O) groups excluding carboxylic acids is 2. The predicted molar refractivity (Wildman–Crippen MR) is 145 cm³/mol. The molecule has 0 unspecified atom stereocenters. The fourth-order valence-corrected chi connectivity index (χ4v) is 5.86. The van der Waals surface area contributed by atoms with Gasteiger partial charge in [0.25, 0.3) is 0 Å². The first kappa shape index (κ1) is 30.7. The van der Waals surface area contributed by atoms with Crippen molar-refractivity contribution in [3.63, 3.8) is 0 Å². The summed E-state index contributed by atoms with van der Waals surface area (Å²) in [6, 6.07) is 10.7. The Morgan fingerprint density at radius 2 is 1.74 bits per heavy atom. The number of alkyl halides is 3. The van der Waals surface area contributed by atoms with Crippen LogP contribution in [0.15, 0.2) is 48.5 Å². The van der Waals surface area contributed by atoms with Crippen molar-refractivity contribution in [1.82, 2.24) is 10.2 Å². The molecular weight excluding hydrogens is 555 g/mol. The largest absolute Gasteiger partial charge is 0.416 e. The number of amides is 2. The molecule has 2 aromatic rings. The molecule has 12 heteroatoms. The summed E-state index contributed by atoms with van der Waals surface area (Å²) >= 11 is 6.12. The molecular formula is C27H33ClF3N3O4S. The second-order valence-corrected chi connectivity index (χ2v) is 12.0. The van der Waals surface area contributed by atoms with Gasteiger partial charge in [-0.25, -0.2) is 8.42 Å². The van der Waals surface area contributed by atoms with Crippen LogP contribution in [0.4, 0.5) is 18.9 Å². The van der Waals surface area contributed by atoms with Crippen molar-refractivity contribution in [2.24, 2.45) is 0 Å². The van der Waals surface area contributed by atoms with Crippen LogP contribution in [0.1, 0.15) is 50.2 Å². The summed E-state index contributed by atoms with van der Waals surface area (Å²) in [6.45, 7) is 1.04. The van der Waals surface area contributed by atoms with Crippen molar-refractivity contribution >= 4 is 39.1 Å². The van der Waals surface area contributed by atoms with Crippen molar-refractivity contribution in [3.8, 4) is 0 Å². The van der Waals surface area contributed by atoms with Gasteiger partial charge in [-0.2, -0.15) is 13.2 Å². The van der Waals surface area contributed by atoms with Crippen LogP contribution in [0.25, 0.3) is 0 Å². The summed E-state index contributed by atoms with van der Waals surface area (Å²) < 4.78 is 66.2. The number of hydrogen-bond donors (Lipinski definition) is 1. The third-order valence-electron chi connectivity index (χ3n) is 6.79. The molecule has 2 aromatic carbocycles. The molecule has 1 atom stereocenters. The number of halogens is 4. The van der Waals surface area contributed by atoms with E-state index in [0.717, 1.165) is 49.6 Å². The van der Waals surface area contributed by atoms with Gasteiger partial charge in [0, 0.05) is 12.6 Å². The molecule has 0 saturated heterocycles. The highest BCUT2D eigenvalue weighted by atomic mass is 35.5. The maximum Gasteiger partial charge on any atom is 0.416 e. The van der Waals surface area contributed by atoms with E-state index in [1.807, 2.05) is 30.3 Å². The second kappa shape index (κ2) is 13.0. The monoisotopic (exact) mass is 587 g/mol. The normalized spacial score (nSPS) is 15.1. The summed E-state index contributed by atoms with van der Waals surface area (Å²) in [7, 11) is -4.24. The smallest absolute Gasteiger partial charge is 0.352 e. The van der Waals surface area contributed by atoms with Crippen LogP contribution in [0.5, 0.6) is 0 Å². The van der Waals surface area contributed by atoms with Gasteiger partial charge in [-0.3, -0.25) is 13.9 Å². The third-order valence-corrected chi connectivity index (χ3v) is 8.24. The van der Waals surface area contributed by atoms with Crippen molar-refractivity contribution in [3.05, 3.63) is 64.7 Å². The zero-order valence-corrected chi connectivity index (χ0v) is 23.5. The topological polar surface area (TPSA) is 86.8 Å². The van der Waals surface area contributed by atoms with Gasteiger partial charge in [0.2, 0.25) is 21.8 Å². The van der Waals surface area contributed by atoms with Crippen molar-refractivity contribution in [2.75, 3.05) is 23.7 Å². The Bertz CT molecular complexity index is 1250. The molecule has 7 nitrogen and oxygen atoms in total. The van der Waals surface area contributed by atoms with E-state index >= 15 is 0 Å². The number of carbonyl (C=O) groups is 2. The summed E-state index contributed by atoms with van der Waals surface area (Å²) in [6.07, 6.45) is 0.380. The van der Waals surface area contributed by atoms with Gasteiger partial charge in [-0.1, -0.05) is 61.7 Å². The minimum atomic E-state index is -4.75. The maximum atomic E-state index is 13.7. The Labute approximate surface area is 232 Å². The molecule has 1 aliphatic rings. The SMILES string of the molecule is CC[C@H](C(=O)NC1CCCC1)N(CCc1ccccc1)C(=O)CN(c1cc(C(F)(F)F)ccc1Cl)S(C)(=O)=O. The van der Waals surface area contributed by atoms with E-state index in [1.165, 1.54) is 4.90 Å². The molecule has 0 radical (unpaired) electrons. The summed E-state index contributed by atoms with van der Waals surface area (Å²) in [5, 5.41) is 2.74. The molecule has 214 valence electrons. The third kappa shape index (κ3) is 8.35. The van der Waals surface area contributed by atoms with E-state index in [9.17, 15) is 31.2 Å². The molecule has 1 fully saturated rings. The number of nitrogens with zero attached hydrogens (tertiary/aromatic N) is 2. The molecule has 3 rings (SSSR count). The van der Waals surface area contributed by atoms with Crippen LogP contribution < -0.4 is 9.62 Å². The molecule has 2 amide bonds. The summed E-state index contributed by atoms with van der Waals surface area (Å²) in [5.41, 5.74) is -0.664. The number of anilines is 1. The van der Waals surface area contributed by atoms with Crippen molar-refractivity contribution in [2.45, 2.75) is 63.7 Å². The summed E-state index contributed by atoms with van der Waals surface area (Å²) in [5.74, 6) is -1.06. The molecule has 39 heavy (non-hydrogen) atoms. The number of sulfonamides is 1. The highest BCUT2D eigenvalue weighted by Crippen LogP contribution is 2.36. The lowest BCUT2D eigenvalue weighted by Gasteiger charge is -2.33. The fourth-order valence-electron chi connectivity index (χ4n) is 4.74. The Morgan fingerprint density at radius 3 is 2.31 bits per heavy atom. The highest BCUT2D eigenvalue weighted by Gasteiger charge is 2.35. The Kier molecular flexibility index (Phi) is 10.3. The predicted octanol–water partition coefficient (Wildman–Crippen LogP) is 5.03. The Balaban J connectivity index is 1.94. The van der Waals surface area contributed by atoms with Crippen LogP contribution in [-0.2, 0) is 32.2 Å². The van der Waals surface area contributed by atoms with Gasteiger partial charge in [-0.05, 0) is 49.4 Å². The second-order valence-electron chi connectivity index (χ2n) is 9.67. The van der Waals surface area contributed by atoms with Crippen LogP contribution in [0, 0.1) is 0 Å². The number of rotatable bonds is 11. The molecule has 0 aromatic heterocycles. The molecule has 1 N–H and O–H groups in total. The van der Waals surface area contributed by atoms with E-state index in [4.69, 9.17) is 11.6 Å². The van der Waals surface area contributed by atoms with Crippen LogP contribution >= 0.6 is 11.6 Å². The molecule has 1 saturated carbocycles. The Hall–Kier alpha value is -2.79. The van der Waals surface area contributed by atoms with E-state index in [1.54, 1.807) is 6.92 Å². The first-order valence-electron chi connectivity index (χ1n) is 12.8. The van der Waals surface area contributed by atoms with Crippen molar-refractivity contribution < 1.29 is 31.2 Å². The Morgan fingerprint density at radius 1 is 1.10 bits per heavy atom. The minimum Gasteiger partial charge on any atom is -0.352 e. The van der Waals surface area contributed by atoms with E-state index in [-0.39, 0.29) is 29.9 Å². The van der Waals surface area contributed by atoms with E-state index < -0.39 is 45.9 Å². The lowest BCUT2D eigenvalue weighted by Crippen LogP contribution is -2.54.